The van der Waals surface area contributed by atoms with Crippen LogP contribution >= 0.6 is 0 Å². The fraction of sp³-hybridized carbons (Fsp3) is 0.593. The van der Waals surface area contributed by atoms with Crippen LogP contribution in [-0.4, -0.2) is 45.6 Å². The molecule has 4 saturated carbocycles. The van der Waals surface area contributed by atoms with Crippen LogP contribution < -0.4 is 10.6 Å². The van der Waals surface area contributed by atoms with Gasteiger partial charge in [-0.2, -0.15) is 5.26 Å². The lowest BCUT2D eigenvalue weighted by molar-refractivity contribution is -0.0153. The van der Waals surface area contributed by atoms with Gasteiger partial charge in [-0.1, -0.05) is 12.1 Å². The van der Waals surface area contributed by atoms with E-state index in [1.165, 1.54) is 44.1 Å². The molecule has 4 bridgehead atoms. The minimum Gasteiger partial charge on any atom is -0.347 e. The number of aromatic amines is 1. The molecular weight excluding hydrogens is 424 g/mol. The number of rotatable bonds is 6. The Morgan fingerprint density at radius 1 is 1.18 bits per heavy atom. The molecule has 1 aliphatic heterocycles. The molecule has 2 atom stereocenters. The highest BCUT2D eigenvalue weighted by molar-refractivity contribution is 5.75. The number of nitriles is 1. The van der Waals surface area contributed by atoms with Crippen LogP contribution in [0.1, 0.15) is 67.8 Å². The molecule has 34 heavy (non-hydrogen) atoms. The van der Waals surface area contributed by atoms with E-state index < -0.39 is 0 Å². The van der Waals surface area contributed by atoms with Crippen molar-refractivity contribution in [2.45, 2.75) is 69.0 Å². The molecule has 7 nitrogen and oxygen atoms in total. The van der Waals surface area contributed by atoms with Gasteiger partial charge in [0.25, 0.3) is 0 Å². The number of amides is 2. The number of benzene rings is 1. The summed E-state index contributed by atoms with van der Waals surface area (Å²) in [5.74, 6) is 2.49. The number of nitrogens with zero attached hydrogens (tertiary/aromatic N) is 3. The predicted molar refractivity (Wildman–Crippen MR) is 129 cm³/mol. The molecule has 2 aromatic rings. The number of aromatic nitrogens is 2. The standard InChI is InChI=1S/C27H34N6O/c28-14-19-3-1-18(2-4-19)10-24(25-15-29-17-30-25)31-23-5-6-33(16-23)26(34)32-27-11-20-7-21(12-27)9-22(8-20)13-27/h1-4,15,17,20-24,31H,5-13,16H2,(H,29,30)(H,32,34)/t20?,21?,22?,23?,24-,27?/m1/s1. The number of nitrogens with one attached hydrogen (secondary N) is 3. The maximum absolute atomic E-state index is 13.3. The van der Waals surface area contributed by atoms with Crippen LogP contribution in [0.25, 0.3) is 0 Å². The lowest BCUT2D eigenvalue weighted by Crippen LogP contribution is -2.61. The van der Waals surface area contributed by atoms with Gasteiger partial charge in [0.05, 0.1) is 29.7 Å². The van der Waals surface area contributed by atoms with Crippen LogP contribution in [-0.2, 0) is 6.42 Å². The number of likely N-dealkylation sites (tertiary alicyclic amines) is 1. The first-order chi connectivity index (χ1) is 16.6. The molecule has 1 aromatic carbocycles. The molecule has 7 heteroatoms. The van der Waals surface area contributed by atoms with Gasteiger partial charge >= 0.3 is 6.03 Å². The number of carbonyl (C=O) groups is 1. The number of hydrogen-bond acceptors (Lipinski definition) is 4. The quantitative estimate of drug-likeness (QED) is 0.611. The van der Waals surface area contributed by atoms with E-state index in [9.17, 15) is 4.79 Å². The SMILES string of the molecule is N#Cc1ccc(C[C@@H](NC2CCN(C(=O)NC34CC5CC(CC(C5)C3)C4)C2)c2cnc[nH]2)cc1. The Morgan fingerprint density at radius 3 is 2.50 bits per heavy atom. The Kier molecular flexibility index (Phi) is 5.57. The van der Waals surface area contributed by atoms with Gasteiger partial charge in [0.2, 0.25) is 0 Å². The lowest BCUT2D eigenvalue weighted by atomic mass is 9.53. The van der Waals surface area contributed by atoms with Crippen LogP contribution in [0.15, 0.2) is 36.8 Å². The number of urea groups is 1. The van der Waals surface area contributed by atoms with Crippen LogP contribution in [0.5, 0.6) is 0 Å². The average Bonchev–Trinajstić information content (AvgIpc) is 3.50. The van der Waals surface area contributed by atoms with Gasteiger partial charge < -0.3 is 20.5 Å². The summed E-state index contributed by atoms with van der Waals surface area (Å²) in [5.41, 5.74) is 2.94. The zero-order valence-corrected chi connectivity index (χ0v) is 19.7. The van der Waals surface area contributed by atoms with Crippen molar-refractivity contribution in [2.75, 3.05) is 13.1 Å². The Morgan fingerprint density at radius 2 is 1.88 bits per heavy atom. The van der Waals surface area contributed by atoms with E-state index in [1.807, 2.05) is 35.4 Å². The highest BCUT2D eigenvalue weighted by Gasteiger charge is 2.52. The van der Waals surface area contributed by atoms with Gasteiger partial charge in [-0.05, 0) is 86.8 Å². The Bertz CT molecular complexity index is 1020. The molecule has 1 aromatic heterocycles. The number of H-pyrrole nitrogens is 1. The zero-order valence-electron chi connectivity index (χ0n) is 19.7. The Labute approximate surface area is 201 Å². The van der Waals surface area contributed by atoms with Crippen molar-refractivity contribution in [3.63, 3.8) is 0 Å². The summed E-state index contributed by atoms with van der Waals surface area (Å²) in [6.07, 6.45) is 13.1. The molecule has 5 aliphatic rings. The van der Waals surface area contributed by atoms with Crippen molar-refractivity contribution in [3.8, 4) is 6.07 Å². The molecule has 2 heterocycles. The van der Waals surface area contributed by atoms with E-state index in [0.717, 1.165) is 49.4 Å². The molecule has 5 fully saturated rings. The van der Waals surface area contributed by atoms with Gasteiger partial charge in [0, 0.05) is 30.9 Å². The largest absolute Gasteiger partial charge is 0.347 e. The molecule has 0 radical (unpaired) electrons. The molecular formula is C27H34N6O. The van der Waals surface area contributed by atoms with Gasteiger partial charge in [-0.3, -0.25) is 0 Å². The molecule has 2 amide bonds. The second-order valence-electron chi connectivity index (χ2n) is 11.3. The second kappa shape index (κ2) is 8.74. The van der Waals surface area contributed by atoms with Crippen LogP contribution in [0, 0.1) is 29.1 Å². The monoisotopic (exact) mass is 458 g/mol. The highest BCUT2D eigenvalue weighted by atomic mass is 16.2. The first-order valence-corrected chi connectivity index (χ1v) is 12.9. The average molecular weight is 459 g/mol. The van der Waals surface area contributed by atoms with Gasteiger partial charge in [-0.25, -0.2) is 9.78 Å². The van der Waals surface area contributed by atoms with Crippen LogP contribution in [0.2, 0.25) is 0 Å². The summed E-state index contributed by atoms with van der Waals surface area (Å²) >= 11 is 0. The third-order valence-corrected chi connectivity index (χ3v) is 8.74. The molecule has 7 rings (SSSR count). The predicted octanol–water partition coefficient (Wildman–Crippen LogP) is 3.91. The summed E-state index contributed by atoms with van der Waals surface area (Å²) in [6.45, 7) is 1.53. The summed E-state index contributed by atoms with van der Waals surface area (Å²) in [7, 11) is 0. The van der Waals surface area contributed by atoms with Crippen molar-refractivity contribution in [2.24, 2.45) is 17.8 Å². The van der Waals surface area contributed by atoms with E-state index in [-0.39, 0.29) is 23.7 Å². The maximum Gasteiger partial charge on any atom is 0.317 e. The Balaban J connectivity index is 1.08. The lowest BCUT2D eigenvalue weighted by Gasteiger charge is -2.57. The minimum atomic E-state index is 0.0609. The third kappa shape index (κ3) is 4.32. The molecule has 1 saturated heterocycles. The van der Waals surface area contributed by atoms with Crippen LogP contribution in [0.4, 0.5) is 4.79 Å². The van der Waals surface area contributed by atoms with Gasteiger partial charge in [0.1, 0.15) is 0 Å². The first kappa shape index (κ1) is 21.7. The van der Waals surface area contributed by atoms with Crippen molar-refractivity contribution in [1.82, 2.24) is 25.5 Å². The third-order valence-electron chi connectivity index (χ3n) is 8.74. The van der Waals surface area contributed by atoms with Crippen molar-refractivity contribution >= 4 is 6.03 Å². The normalized spacial score (nSPS) is 32.5. The Hall–Kier alpha value is -2.85. The van der Waals surface area contributed by atoms with Crippen LogP contribution in [0.3, 0.4) is 0 Å². The molecule has 0 spiro atoms. The van der Waals surface area contributed by atoms with E-state index in [0.29, 0.717) is 5.56 Å². The topological polar surface area (TPSA) is 96.8 Å². The fourth-order valence-corrected chi connectivity index (χ4v) is 7.60. The van der Waals surface area contributed by atoms with Gasteiger partial charge in [-0.15, -0.1) is 0 Å². The number of hydrogen-bond donors (Lipinski definition) is 3. The highest BCUT2D eigenvalue weighted by Crippen LogP contribution is 2.55. The maximum atomic E-state index is 13.3. The molecule has 3 N–H and O–H groups in total. The van der Waals surface area contributed by atoms with E-state index in [1.54, 1.807) is 6.33 Å². The van der Waals surface area contributed by atoms with E-state index >= 15 is 0 Å². The zero-order chi connectivity index (χ0) is 23.1. The van der Waals surface area contributed by atoms with E-state index in [2.05, 4.69) is 26.7 Å². The minimum absolute atomic E-state index is 0.0609. The summed E-state index contributed by atoms with van der Waals surface area (Å²) in [4.78, 5) is 22.8. The fourth-order valence-electron chi connectivity index (χ4n) is 7.60. The van der Waals surface area contributed by atoms with Crippen molar-refractivity contribution < 1.29 is 4.79 Å². The molecule has 4 aliphatic carbocycles. The van der Waals surface area contributed by atoms with Gasteiger partial charge in [0.15, 0.2) is 0 Å². The number of imidazole rings is 1. The van der Waals surface area contributed by atoms with Crippen molar-refractivity contribution in [1.29, 1.82) is 5.26 Å². The van der Waals surface area contributed by atoms with E-state index in [4.69, 9.17) is 5.26 Å². The second-order valence-corrected chi connectivity index (χ2v) is 11.3. The smallest absolute Gasteiger partial charge is 0.317 e. The molecule has 178 valence electrons. The molecule has 1 unspecified atom stereocenters. The summed E-state index contributed by atoms with van der Waals surface area (Å²) < 4.78 is 0. The van der Waals surface area contributed by atoms with Crippen molar-refractivity contribution in [3.05, 3.63) is 53.6 Å². The first-order valence-electron chi connectivity index (χ1n) is 12.9. The summed E-state index contributed by atoms with van der Waals surface area (Å²) in [6, 6.07) is 10.4. The number of carbonyl (C=O) groups excluding carboxylic acids is 1. The summed E-state index contributed by atoms with van der Waals surface area (Å²) in [5, 5.41) is 16.4.